The van der Waals surface area contributed by atoms with Gasteiger partial charge >= 0.3 is 0 Å². The van der Waals surface area contributed by atoms with Crippen molar-refractivity contribution < 1.29 is 5.11 Å². The fourth-order valence-electron chi connectivity index (χ4n) is 2.87. The number of likely N-dealkylation sites (tertiary alicyclic amines) is 1. The van der Waals surface area contributed by atoms with Gasteiger partial charge in [0.05, 0.1) is 5.60 Å². The summed E-state index contributed by atoms with van der Waals surface area (Å²) >= 11 is 0. The van der Waals surface area contributed by atoms with Gasteiger partial charge in [0.15, 0.2) is 0 Å². The van der Waals surface area contributed by atoms with E-state index in [2.05, 4.69) is 42.2 Å². The van der Waals surface area contributed by atoms with Crippen molar-refractivity contribution in [2.75, 3.05) is 13.1 Å². The molecule has 2 heteroatoms. The Morgan fingerprint density at radius 2 is 1.94 bits per heavy atom. The minimum Gasteiger partial charge on any atom is -0.389 e. The zero-order chi connectivity index (χ0) is 12.5. The molecule has 0 saturated carbocycles. The van der Waals surface area contributed by atoms with Crippen LogP contribution >= 0.6 is 0 Å². The van der Waals surface area contributed by atoms with E-state index in [0.717, 1.165) is 13.1 Å². The van der Waals surface area contributed by atoms with Gasteiger partial charge < -0.3 is 5.11 Å². The van der Waals surface area contributed by atoms with E-state index in [1.54, 1.807) is 0 Å². The van der Waals surface area contributed by atoms with Crippen molar-refractivity contribution in [2.24, 2.45) is 0 Å². The molecule has 1 aliphatic rings. The summed E-state index contributed by atoms with van der Waals surface area (Å²) in [5.74, 6) is 0.610. The van der Waals surface area contributed by atoms with E-state index in [9.17, 15) is 5.11 Å². The Bertz CT molecular complexity index is 355. The second-order valence-electron chi connectivity index (χ2n) is 5.83. The van der Waals surface area contributed by atoms with Gasteiger partial charge in [0.2, 0.25) is 0 Å². The molecule has 17 heavy (non-hydrogen) atoms. The standard InChI is InChI=1S/C15H23NO/c1-12-14(13-7-5-4-6-8-13)9-10-16(12)11-15(2,3)17/h4-8,12,14,17H,9-11H2,1-3H3. The molecule has 2 unspecified atom stereocenters. The highest BCUT2D eigenvalue weighted by molar-refractivity contribution is 5.22. The maximum absolute atomic E-state index is 9.91. The molecule has 0 aromatic heterocycles. The predicted molar refractivity (Wildman–Crippen MR) is 71.1 cm³/mol. The minimum absolute atomic E-state index is 0.517. The van der Waals surface area contributed by atoms with E-state index in [1.165, 1.54) is 12.0 Å². The third kappa shape index (κ3) is 3.08. The molecule has 1 saturated heterocycles. The SMILES string of the molecule is CC1C(c2ccccc2)CCN1CC(C)(C)O. The van der Waals surface area contributed by atoms with Crippen LogP contribution in [0.15, 0.2) is 30.3 Å². The summed E-state index contributed by atoms with van der Waals surface area (Å²) in [7, 11) is 0. The average Bonchev–Trinajstić information content (AvgIpc) is 2.60. The third-order valence-corrected chi connectivity index (χ3v) is 3.70. The van der Waals surface area contributed by atoms with Crippen LogP contribution in [-0.2, 0) is 0 Å². The van der Waals surface area contributed by atoms with Crippen LogP contribution in [0.1, 0.15) is 38.7 Å². The summed E-state index contributed by atoms with van der Waals surface area (Å²) in [5.41, 5.74) is 0.832. The Kier molecular flexibility index (Phi) is 3.55. The highest BCUT2D eigenvalue weighted by atomic mass is 16.3. The van der Waals surface area contributed by atoms with E-state index >= 15 is 0 Å². The number of rotatable bonds is 3. The molecule has 2 rings (SSSR count). The third-order valence-electron chi connectivity index (χ3n) is 3.70. The van der Waals surface area contributed by atoms with Crippen LogP contribution in [0.4, 0.5) is 0 Å². The molecule has 1 N–H and O–H groups in total. The Hall–Kier alpha value is -0.860. The zero-order valence-electron chi connectivity index (χ0n) is 11.1. The van der Waals surface area contributed by atoms with Gasteiger partial charge in [-0.15, -0.1) is 0 Å². The van der Waals surface area contributed by atoms with E-state index in [0.29, 0.717) is 12.0 Å². The van der Waals surface area contributed by atoms with E-state index in [-0.39, 0.29) is 0 Å². The van der Waals surface area contributed by atoms with Crippen molar-refractivity contribution in [1.82, 2.24) is 4.90 Å². The lowest BCUT2D eigenvalue weighted by Crippen LogP contribution is -2.41. The number of hydrogen-bond acceptors (Lipinski definition) is 2. The van der Waals surface area contributed by atoms with Gasteiger partial charge in [0.1, 0.15) is 0 Å². The molecule has 1 aromatic carbocycles. The second-order valence-corrected chi connectivity index (χ2v) is 5.83. The summed E-state index contributed by atoms with van der Waals surface area (Å²) < 4.78 is 0. The topological polar surface area (TPSA) is 23.5 Å². The van der Waals surface area contributed by atoms with Gasteiger partial charge in [-0.25, -0.2) is 0 Å². The molecule has 1 aliphatic heterocycles. The molecule has 0 spiro atoms. The molecule has 2 atom stereocenters. The van der Waals surface area contributed by atoms with Crippen LogP contribution in [0.5, 0.6) is 0 Å². The lowest BCUT2D eigenvalue weighted by Gasteiger charge is -2.30. The van der Waals surface area contributed by atoms with Crippen molar-refractivity contribution in [1.29, 1.82) is 0 Å². The molecule has 1 fully saturated rings. The highest BCUT2D eigenvalue weighted by Gasteiger charge is 2.33. The second kappa shape index (κ2) is 4.79. The van der Waals surface area contributed by atoms with Gasteiger partial charge in [0.25, 0.3) is 0 Å². The molecule has 0 amide bonds. The molecule has 94 valence electrons. The highest BCUT2D eigenvalue weighted by Crippen LogP contribution is 2.33. The Morgan fingerprint density at radius 1 is 1.29 bits per heavy atom. The van der Waals surface area contributed by atoms with Crippen LogP contribution < -0.4 is 0 Å². The Labute approximate surface area is 104 Å². The van der Waals surface area contributed by atoms with Crippen molar-refractivity contribution in [2.45, 2.75) is 44.8 Å². The fraction of sp³-hybridized carbons (Fsp3) is 0.600. The van der Waals surface area contributed by atoms with E-state index in [1.807, 2.05) is 13.8 Å². The number of aliphatic hydroxyl groups is 1. The van der Waals surface area contributed by atoms with E-state index in [4.69, 9.17) is 0 Å². The monoisotopic (exact) mass is 233 g/mol. The predicted octanol–water partition coefficient (Wildman–Crippen LogP) is 2.64. The smallest absolute Gasteiger partial charge is 0.0718 e. The molecular weight excluding hydrogens is 210 g/mol. The first-order chi connectivity index (χ1) is 7.97. The molecule has 0 bridgehead atoms. The van der Waals surface area contributed by atoms with Gasteiger partial charge in [-0.2, -0.15) is 0 Å². The molecule has 2 nitrogen and oxygen atoms in total. The quantitative estimate of drug-likeness (QED) is 0.867. The van der Waals surface area contributed by atoms with Gasteiger partial charge in [-0.05, 0) is 39.3 Å². The largest absolute Gasteiger partial charge is 0.389 e. The first-order valence-corrected chi connectivity index (χ1v) is 6.49. The summed E-state index contributed by atoms with van der Waals surface area (Å²) in [5, 5.41) is 9.91. The number of β-amino-alcohol motifs (C(OH)–C–C–N with tert-alkyl or cyclic N) is 1. The fourth-order valence-corrected chi connectivity index (χ4v) is 2.87. The summed E-state index contributed by atoms with van der Waals surface area (Å²) in [6.07, 6.45) is 1.20. The number of hydrogen-bond donors (Lipinski definition) is 1. The molecular formula is C15H23NO. The first-order valence-electron chi connectivity index (χ1n) is 6.49. The molecule has 1 heterocycles. The van der Waals surface area contributed by atoms with Crippen LogP contribution in [0.25, 0.3) is 0 Å². The lowest BCUT2D eigenvalue weighted by molar-refractivity contribution is 0.0331. The normalized spacial score (nSPS) is 26.4. The molecule has 0 radical (unpaired) electrons. The maximum Gasteiger partial charge on any atom is 0.0718 e. The average molecular weight is 233 g/mol. The minimum atomic E-state index is -0.597. The number of nitrogens with zero attached hydrogens (tertiary/aromatic N) is 1. The van der Waals surface area contributed by atoms with Crippen molar-refractivity contribution >= 4 is 0 Å². The first kappa shape index (κ1) is 12.6. The van der Waals surface area contributed by atoms with E-state index < -0.39 is 5.60 Å². The molecule has 0 aliphatic carbocycles. The lowest BCUT2D eigenvalue weighted by atomic mass is 9.92. The van der Waals surface area contributed by atoms with Crippen molar-refractivity contribution in [3.05, 3.63) is 35.9 Å². The molecule has 1 aromatic rings. The van der Waals surface area contributed by atoms with Crippen LogP contribution in [0.2, 0.25) is 0 Å². The number of benzene rings is 1. The maximum atomic E-state index is 9.91. The van der Waals surface area contributed by atoms with Gasteiger partial charge in [-0.1, -0.05) is 30.3 Å². The Morgan fingerprint density at radius 3 is 2.53 bits per heavy atom. The summed E-state index contributed by atoms with van der Waals surface area (Å²) in [4.78, 5) is 2.40. The van der Waals surface area contributed by atoms with Crippen LogP contribution in [0, 0.1) is 0 Å². The van der Waals surface area contributed by atoms with Gasteiger partial charge in [-0.3, -0.25) is 4.90 Å². The summed E-state index contributed by atoms with van der Waals surface area (Å²) in [6.45, 7) is 7.89. The van der Waals surface area contributed by atoms with Crippen LogP contribution in [-0.4, -0.2) is 34.7 Å². The summed E-state index contributed by atoms with van der Waals surface area (Å²) in [6, 6.07) is 11.2. The van der Waals surface area contributed by atoms with Crippen LogP contribution in [0.3, 0.4) is 0 Å². The van der Waals surface area contributed by atoms with Crippen molar-refractivity contribution in [3.8, 4) is 0 Å². The Balaban J connectivity index is 2.05. The van der Waals surface area contributed by atoms with Crippen molar-refractivity contribution in [3.63, 3.8) is 0 Å². The zero-order valence-corrected chi connectivity index (χ0v) is 11.1. The van der Waals surface area contributed by atoms with Gasteiger partial charge in [0, 0.05) is 18.5 Å².